The fourth-order valence-corrected chi connectivity index (χ4v) is 4.74. The van der Waals surface area contributed by atoms with E-state index in [4.69, 9.17) is 14.8 Å². The zero-order chi connectivity index (χ0) is 27.8. The van der Waals surface area contributed by atoms with Crippen LogP contribution in [0.25, 0.3) is 11.3 Å². The molecule has 0 bridgehead atoms. The minimum absolute atomic E-state index is 0.0870. The van der Waals surface area contributed by atoms with E-state index in [0.717, 1.165) is 23.5 Å². The van der Waals surface area contributed by atoms with Gasteiger partial charge in [-0.05, 0) is 74.1 Å². The summed E-state index contributed by atoms with van der Waals surface area (Å²) in [5.74, 6) is -0.0210. The molecule has 0 radical (unpaired) electrons. The number of benzene rings is 2. The average Bonchev–Trinajstić information content (AvgIpc) is 2.96. The summed E-state index contributed by atoms with van der Waals surface area (Å²) in [6.45, 7) is 10.0. The molecule has 2 aromatic carbocycles. The second-order valence-corrected chi connectivity index (χ2v) is 10.0. The fourth-order valence-electron chi connectivity index (χ4n) is 4.74. The molecule has 0 saturated carbocycles. The number of ether oxygens (including phenoxy) is 1. The highest BCUT2D eigenvalue weighted by molar-refractivity contribution is 5.87. The molecule has 1 N–H and O–H groups in total. The first-order valence-corrected chi connectivity index (χ1v) is 13.6. The second kappa shape index (κ2) is 13.1. The van der Waals surface area contributed by atoms with Crippen molar-refractivity contribution in [2.75, 3.05) is 4.90 Å². The van der Waals surface area contributed by atoms with Crippen LogP contribution in [0.5, 0.6) is 5.75 Å². The molecular formula is C33H37N3O3. The standard InChI is InChI=1S/C33H37N3O3/c1-5-25(6-2)26-14-16-30(17-15-26)36(23(3)4)21-24-10-12-27(13-11-24)32-9-7-8-29(35-32)22-39-31-18-28(33(37)38)19-34-20-31/h7-20,23,25H,5-6,21-22H2,1-4H3,(H,37,38). The van der Waals surface area contributed by atoms with Gasteiger partial charge in [-0.25, -0.2) is 9.78 Å². The lowest BCUT2D eigenvalue weighted by atomic mass is 9.94. The highest BCUT2D eigenvalue weighted by Crippen LogP contribution is 2.28. The van der Waals surface area contributed by atoms with Crippen LogP contribution in [0.3, 0.4) is 0 Å². The second-order valence-electron chi connectivity index (χ2n) is 10.0. The van der Waals surface area contributed by atoms with Crippen LogP contribution in [-0.4, -0.2) is 27.1 Å². The van der Waals surface area contributed by atoms with Crippen molar-refractivity contribution in [1.29, 1.82) is 0 Å². The van der Waals surface area contributed by atoms with Crippen LogP contribution in [0.2, 0.25) is 0 Å². The van der Waals surface area contributed by atoms with Crippen LogP contribution in [0.15, 0.2) is 85.2 Å². The largest absolute Gasteiger partial charge is 0.486 e. The van der Waals surface area contributed by atoms with Gasteiger partial charge in [0.2, 0.25) is 0 Å². The van der Waals surface area contributed by atoms with Crippen molar-refractivity contribution in [3.05, 3.63) is 108 Å². The molecular weight excluding hydrogens is 486 g/mol. The average molecular weight is 524 g/mol. The molecule has 0 amide bonds. The molecule has 6 nitrogen and oxygen atoms in total. The van der Waals surface area contributed by atoms with E-state index in [1.54, 1.807) is 0 Å². The number of carboxylic acid groups (broad SMARTS) is 1. The van der Waals surface area contributed by atoms with Crippen molar-refractivity contribution < 1.29 is 14.6 Å². The fraction of sp³-hybridized carbons (Fsp3) is 0.303. The van der Waals surface area contributed by atoms with Gasteiger partial charge in [0.05, 0.1) is 23.1 Å². The van der Waals surface area contributed by atoms with Crippen LogP contribution in [0, 0.1) is 0 Å². The van der Waals surface area contributed by atoms with Crippen molar-refractivity contribution in [3.8, 4) is 17.0 Å². The van der Waals surface area contributed by atoms with Crippen LogP contribution in [0.4, 0.5) is 5.69 Å². The first-order valence-electron chi connectivity index (χ1n) is 13.6. The number of hydrogen-bond acceptors (Lipinski definition) is 5. The molecule has 0 aliphatic carbocycles. The lowest BCUT2D eigenvalue weighted by Gasteiger charge is -2.30. The van der Waals surface area contributed by atoms with Gasteiger partial charge in [0.25, 0.3) is 0 Å². The number of carboxylic acids is 1. The third-order valence-corrected chi connectivity index (χ3v) is 7.06. The number of carbonyl (C=O) groups is 1. The van der Waals surface area contributed by atoms with Crippen LogP contribution >= 0.6 is 0 Å². The molecule has 2 heterocycles. The summed E-state index contributed by atoms with van der Waals surface area (Å²) in [6, 6.07) is 25.3. The molecule has 6 heteroatoms. The Labute approximate surface area is 231 Å². The van der Waals surface area contributed by atoms with Gasteiger partial charge in [0, 0.05) is 30.0 Å². The summed E-state index contributed by atoms with van der Waals surface area (Å²) in [7, 11) is 0. The van der Waals surface area contributed by atoms with E-state index in [-0.39, 0.29) is 12.2 Å². The maximum atomic E-state index is 11.2. The maximum Gasteiger partial charge on any atom is 0.337 e. The Kier molecular flexibility index (Phi) is 9.31. The van der Waals surface area contributed by atoms with Crippen molar-refractivity contribution in [1.82, 2.24) is 9.97 Å². The molecule has 0 atom stereocenters. The third-order valence-electron chi connectivity index (χ3n) is 7.06. The molecule has 0 aliphatic heterocycles. The van der Waals surface area contributed by atoms with Crippen LogP contribution < -0.4 is 9.64 Å². The Morgan fingerprint density at radius 2 is 1.67 bits per heavy atom. The maximum absolute atomic E-state index is 11.2. The van der Waals surface area contributed by atoms with Gasteiger partial charge >= 0.3 is 5.97 Å². The Balaban J connectivity index is 1.43. The molecule has 0 unspecified atom stereocenters. The predicted octanol–water partition coefficient (Wildman–Crippen LogP) is 7.74. The molecule has 2 aromatic heterocycles. The topological polar surface area (TPSA) is 75.5 Å². The lowest BCUT2D eigenvalue weighted by Crippen LogP contribution is -2.30. The lowest BCUT2D eigenvalue weighted by molar-refractivity contribution is 0.0695. The van der Waals surface area contributed by atoms with E-state index >= 15 is 0 Å². The number of anilines is 1. The smallest absolute Gasteiger partial charge is 0.337 e. The molecule has 202 valence electrons. The van der Waals surface area contributed by atoms with E-state index in [2.05, 4.69) is 86.1 Å². The first-order chi connectivity index (χ1) is 18.9. The molecule has 0 aliphatic rings. The highest BCUT2D eigenvalue weighted by atomic mass is 16.5. The molecule has 0 spiro atoms. The van der Waals surface area contributed by atoms with E-state index in [0.29, 0.717) is 17.7 Å². The Hall–Kier alpha value is -4.19. The summed E-state index contributed by atoms with van der Waals surface area (Å²) in [5, 5.41) is 9.14. The Bertz CT molecular complexity index is 1360. The van der Waals surface area contributed by atoms with Crippen molar-refractivity contribution in [2.24, 2.45) is 0 Å². The molecule has 4 aromatic rings. The number of pyridine rings is 2. The van der Waals surface area contributed by atoms with Crippen molar-refractivity contribution in [3.63, 3.8) is 0 Å². The minimum atomic E-state index is -1.04. The zero-order valence-electron chi connectivity index (χ0n) is 23.2. The summed E-state index contributed by atoms with van der Waals surface area (Å²) in [5.41, 5.74) is 6.62. The zero-order valence-corrected chi connectivity index (χ0v) is 23.2. The normalized spacial score (nSPS) is 11.1. The SMILES string of the molecule is CCC(CC)c1ccc(N(Cc2ccc(-c3cccc(COc4cncc(C(=O)O)c4)n3)cc2)C(C)C)cc1. The molecule has 39 heavy (non-hydrogen) atoms. The molecule has 0 fully saturated rings. The first kappa shape index (κ1) is 27.8. The van der Waals surface area contributed by atoms with Gasteiger partial charge < -0.3 is 14.7 Å². The van der Waals surface area contributed by atoms with E-state index in [1.165, 1.54) is 48.1 Å². The number of aromatic nitrogens is 2. The number of nitrogens with zero attached hydrogens (tertiary/aromatic N) is 3. The number of rotatable bonds is 12. The quantitative estimate of drug-likeness (QED) is 0.205. The summed E-state index contributed by atoms with van der Waals surface area (Å²) >= 11 is 0. The summed E-state index contributed by atoms with van der Waals surface area (Å²) in [4.78, 5) is 22.3. The van der Waals surface area contributed by atoms with E-state index < -0.39 is 5.97 Å². The van der Waals surface area contributed by atoms with Crippen LogP contribution in [-0.2, 0) is 13.2 Å². The van der Waals surface area contributed by atoms with Gasteiger partial charge in [0.1, 0.15) is 12.4 Å². The van der Waals surface area contributed by atoms with Gasteiger partial charge in [0.15, 0.2) is 0 Å². The third kappa shape index (κ3) is 7.23. The predicted molar refractivity (Wildman–Crippen MR) is 156 cm³/mol. The number of hydrogen-bond donors (Lipinski definition) is 1. The number of aromatic carboxylic acids is 1. The van der Waals surface area contributed by atoms with Gasteiger partial charge in [-0.2, -0.15) is 0 Å². The molecule has 4 rings (SSSR count). The van der Waals surface area contributed by atoms with E-state index in [1.807, 2.05) is 18.2 Å². The summed E-state index contributed by atoms with van der Waals surface area (Å²) < 4.78 is 5.74. The monoisotopic (exact) mass is 523 g/mol. The Morgan fingerprint density at radius 1 is 0.949 bits per heavy atom. The van der Waals surface area contributed by atoms with Gasteiger partial charge in [-0.3, -0.25) is 4.98 Å². The highest BCUT2D eigenvalue weighted by Gasteiger charge is 2.14. The van der Waals surface area contributed by atoms with Crippen molar-refractivity contribution in [2.45, 2.75) is 65.6 Å². The summed E-state index contributed by atoms with van der Waals surface area (Å²) in [6.07, 6.45) is 5.12. The minimum Gasteiger partial charge on any atom is -0.486 e. The van der Waals surface area contributed by atoms with Gasteiger partial charge in [-0.1, -0.05) is 56.3 Å². The van der Waals surface area contributed by atoms with Crippen molar-refractivity contribution >= 4 is 11.7 Å². The molecule has 0 saturated heterocycles. The van der Waals surface area contributed by atoms with Crippen LogP contribution in [0.1, 0.15) is 73.6 Å². The van der Waals surface area contributed by atoms with E-state index in [9.17, 15) is 4.79 Å². The Morgan fingerprint density at radius 3 is 2.31 bits per heavy atom. The van der Waals surface area contributed by atoms with Gasteiger partial charge in [-0.15, -0.1) is 0 Å².